The minimum atomic E-state index is -1.97. The van der Waals surface area contributed by atoms with Gasteiger partial charge in [-0.05, 0) is 37.4 Å². The van der Waals surface area contributed by atoms with Gasteiger partial charge in [-0.25, -0.2) is 4.39 Å². The SMILES string of the molecule is CC(C)(C)[Si](C)(C)OC1CCC(C(=O)O)CC1F. The zero-order valence-electron chi connectivity index (χ0n) is 12.0. The maximum absolute atomic E-state index is 14.0. The van der Waals surface area contributed by atoms with E-state index in [1.807, 2.05) is 0 Å². The quantitative estimate of drug-likeness (QED) is 0.801. The van der Waals surface area contributed by atoms with Crippen molar-refractivity contribution >= 4 is 14.3 Å². The van der Waals surface area contributed by atoms with E-state index in [0.717, 1.165) is 0 Å². The third-order valence-electron chi connectivity index (χ3n) is 4.31. The van der Waals surface area contributed by atoms with E-state index < -0.39 is 32.5 Å². The van der Waals surface area contributed by atoms with Gasteiger partial charge < -0.3 is 9.53 Å². The molecule has 0 bridgehead atoms. The Morgan fingerprint density at radius 1 is 1.33 bits per heavy atom. The molecule has 0 aliphatic heterocycles. The molecule has 1 saturated carbocycles. The molecule has 0 heterocycles. The molecule has 0 saturated heterocycles. The second kappa shape index (κ2) is 5.29. The highest BCUT2D eigenvalue weighted by Crippen LogP contribution is 2.40. The average molecular weight is 276 g/mol. The maximum atomic E-state index is 14.0. The summed E-state index contributed by atoms with van der Waals surface area (Å²) in [6.45, 7) is 10.6. The number of carboxylic acids is 1. The molecule has 5 heteroatoms. The van der Waals surface area contributed by atoms with E-state index in [1.54, 1.807) is 0 Å². The van der Waals surface area contributed by atoms with Crippen molar-refractivity contribution in [1.29, 1.82) is 0 Å². The van der Waals surface area contributed by atoms with E-state index in [-0.39, 0.29) is 11.5 Å². The molecule has 3 unspecified atom stereocenters. The molecule has 3 atom stereocenters. The molecule has 1 N–H and O–H groups in total. The first-order valence-electron chi connectivity index (χ1n) is 6.59. The zero-order valence-corrected chi connectivity index (χ0v) is 13.0. The Morgan fingerprint density at radius 2 is 1.89 bits per heavy atom. The molecule has 1 aliphatic rings. The second-order valence-corrected chi connectivity index (χ2v) is 11.5. The zero-order chi connectivity index (χ0) is 14.1. The molecule has 0 aromatic rings. The van der Waals surface area contributed by atoms with Crippen LogP contribution in [0.4, 0.5) is 4.39 Å². The first kappa shape index (κ1) is 15.6. The summed E-state index contributed by atoms with van der Waals surface area (Å²) in [5.74, 6) is -1.43. The number of hydrogen-bond donors (Lipinski definition) is 1. The first-order chi connectivity index (χ1) is 8.04. The predicted octanol–water partition coefficient (Wildman–Crippen LogP) is 3.60. The number of rotatable bonds is 3. The van der Waals surface area contributed by atoms with Crippen LogP contribution < -0.4 is 0 Å². The summed E-state index contributed by atoms with van der Waals surface area (Å²) in [5, 5.41) is 8.96. The summed E-state index contributed by atoms with van der Waals surface area (Å²) >= 11 is 0. The molecule has 0 amide bonds. The molecule has 1 fully saturated rings. The van der Waals surface area contributed by atoms with Crippen LogP contribution in [0.1, 0.15) is 40.0 Å². The van der Waals surface area contributed by atoms with Crippen molar-refractivity contribution in [2.75, 3.05) is 0 Å². The molecule has 106 valence electrons. The molecule has 3 nitrogen and oxygen atoms in total. The number of carbonyl (C=O) groups is 1. The lowest BCUT2D eigenvalue weighted by molar-refractivity contribution is -0.144. The van der Waals surface area contributed by atoms with Gasteiger partial charge in [0.15, 0.2) is 8.32 Å². The highest BCUT2D eigenvalue weighted by molar-refractivity contribution is 6.74. The Labute approximate surface area is 110 Å². The van der Waals surface area contributed by atoms with E-state index >= 15 is 0 Å². The van der Waals surface area contributed by atoms with Crippen molar-refractivity contribution in [3.8, 4) is 0 Å². The van der Waals surface area contributed by atoms with Crippen LogP contribution in [0, 0.1) is 5.92 Å². The summed E-state index contributed by atoms with van der Waals surface area (Å²) in [4.78, 5) is 10.9. The van der Waals surface area contributed by atoms with Crippen molar-refractivity contribution < 1.29 is 18.7 Å². The van der Waals surface area contributed by atoms with Crippen molar-refractivity contribution in [3.05, 3.63) is 0 Å². The van der Waals surface area contributed by atoms with Crippen LogP contribution in [0.5, 0.6) is 0 Å². The van der Waals surface area contributed by atoms with Gasteiger partial charge in [-0.2, -0.15) is 0 Å². The summed E-state index contributed by atoms with van der Waals surface area (Å²) in [7, 11) is -1.97. The van der Waals surface area contributed by atoms with Gasteiger partial charge in [0, 0.05) is 0 Å². The third-order valence-corrected chi connectivity index (χ3v) is 8.82. The molecule has 0 aromatic heterocycles. The van der Waals surface area contributed by atoms with Crippen molar-refractivity contribution in [2.45, 2.75) is 70.4 Å². The monoisotopic (exact) mass is 276 g/mol. The van der Waals surface area contributed by atoms with Gasteiger partial charge in [0.1, 0.15) is 6.17 Å². The van der Waals surface area contributed by atoms with Crippen LogP contribution in [-0.2, 0) is 9.22 Å². The summed E-state index contributed by atoms with van der Waals surface area (Å²) in [6, 6.07) is 0. The van der Waals surface area contributed by atoms with Crippen LogP contribution in [0.3, 0.4) is 0 Å². The van der Waals surface area contributed by atoms with Crippen molar-refractivity contribution in [3.63, 3.8) is 0 Å². The van der Waals surface area contributed by atoms with E-state index in [1.165, 1.54) is 0 Å². The van der Waals surface area contributed by atoms with Gasteiger partial charge >= 0.3 is 5.97 Å². The van der Waals surface area contributed by atoms with Gasteiger partial charge in [0.25, 0.3) is 0 Å². The largest absolute Gasteiger partial charge is 0.481 e. The van der Waals surface area contributed by atoms with Gasteiger partial charge in [-0.1, -0.05) is 20.8 Å². The van der Waals surface area contributed by atoms with Gasteiger partial charge in [0.2, 0.25) is 0 Å². The summed E-state index contributed by atoms with van der Waals surface area (Å²) in [5.41, 5.74) is 0. The van der Waals surface area contributed by atoms with Gasteiger partial charge in [-0.15, -0.1) is 0 Å². The number of alkyl halides is 1. The first-order valence-corrected chi connectivity index (χ1v) is 9.50. The minimum Gasteiger partial charge on any atom is -0.481 e. The Hall–Kier alpha value is -0.423. The Bertz CT molecular complexity index is 312. The van der Waals surface area contributed by atoms with Crippen molar-refractivity contribution in [2.24, 2.45) is 5.92 Å². The highest BCUT2D eigenvalue weighted by Gasteiger charge is 2.43. The number of hydrogen-bond acceptors (Lipinski definition) is 2. The van der Waals surface area contributed by atoms with Crippen molar-refractivity contribution in [1.82, 2.24) is 0 Å². The molecular formula is C13H25FO3Si. The lowest BCUT2D eigenvalue weighted by atomic mass is 9.86. The Balaban J connectivity index is 2.63. The topological polar surface area (TPSA) is 46.5 Å². The fraction of sp³-hybridized carbons (Fsp3) is 0.923. The van der Waals surface area contributed by atoms with E-state index in [4.69, 9.17) is 9.53 Å². The minimum absolute atomic E-state index is 0.0520. The smallest absolute Gasteiger partial charge is 0.306 e. The van der Waals surface area contributed by atoms with Crippen LogP contribution in [0.15, 0.2) is 0 Å². The molecule has 1 rings (SSSR count). The maximum Gasteiger partial charge on any atom is 0.306 e. The number of halogens is 1. The summed E-state index contributed by atoms with van der Waals surface area (Å²) < 4.78 is 20.1. The molecular weight excluding hydrogens is 251 g/mol. The van der Waals surface area contributed by atoms with Crippen LogP contribution in [0.2, 0.25) is 18.1 Å². The van der Waals surface area contributed by atoms with E-state index in [0.29, 0.717) is 12.8 Å². The standard InChI is InChI=1S/C13H25FO3Si/c1-13(2,3)18(4,5)17-11-7-6-9(12(15)16)8-10(11)14/h9-11H,6-8H2,1-5H3,(H,15,16). The van der Waals surface area contributed by atoms with Gasteiger partial charge in [0.05, 0.1) is 12.0 Å². The number of carboxylic acid groups (broad SMARTS) is 1. The average Bonchev–Trinajstić information content (AvgIpc) is 2.18. The van der Waals surface area contributed by atoms with Gasteiger partial charge in [-0.3, -0.25) is 4.79 Å². The third kappa shape index (κ3) is 3.54. The van der Waals surface area contributed by atoms with Crippen LogP contribution >= 0.6 is 0 Å². The van der Waals surface area contributed by atoms with Crippen LogP contribution in [0.25, 0.3) is 0 Å². The fourth-order valence-electron chi connectivity index (χ4n) is 2.00. The summed E-state index contributed by atoms with van der Waals surface area (Å²) in [6.07, 6.45) is -0.427. The second-order valence-electron chi connectivity index (χ2n) is 6.78. The predicted molar refractivity (Wildman–Crippen MR) is 71.9 cm³/mol. The van der Waals surface area contributed by atoms with Crippen LogP contribution in [-0.4, -0.2) is 31.7 Å². The Kier molecular flexibility index (Phi) is 4.59. The van der Waals surface area contributed by atoms with E-state index in [2.05, 4.69) is 33.9 Å². The number of aliphatic carboxylic acids is 1. The Morgan fingerprint density at radius 3 is 2.28 bits per heavy atom. The molecule has 0 radical (unpaired) electrons. The van der Waals surface area contributed by atoms with E-state index in [9.17, 15) is 9.18 Å². The molecule has 18 heavy (non-hydrogen) atoms. The fourth-order valence-corrected chi connectivity index (χ4v) is 3.38. The molecule has 0 aromatic carbocycles. The normalized spacial score (nSPS) is 30.2. The molecule has 0 spiro atoms. The molecule has 1 aliphatic carbocycles. The lowest BCUT2D eigenvalue weighted by Gasteiger charge is -2.42. The lowest BCUT2D eigenvalue weighted by Crippen LogP contribution is -2.48. The highest BCUT2D eigenvalue weighted by atomic mass is 28.4.